The fourth-order valence-corrected chi connectivity index (χ4v) is 12.9. The molecule has 14 heteroatoms. The van der Waals surface area contributed by atoms with Crippen LogP contribution in [0.1, 0.15) is 96.5 Å². The molecule has 4 N–H and O–H groups in total. The third kappa shape index (κ3) is 7.62. The van der Waals surface area contributed by atoms with Gasteiger partial charge in [-0.3, -0.25) is 19.6 Å². The summed E-state index contributed by atoms with van der Waals surface area (Å²) in [4.78, 5) is 48.9. The number of rotatable bonds is 14. The molecule has 13 nitrogen and oxygen atoms in total. The summed E-state index contributed by atoms with van der Waals surface area (Å²) in [6, 6.07) is 17.3. The second-order valence-corrected chi connectivity index (χ2v) is 19.4. The summed E-state index contributed by atoms with van der Waals surface area (Å²) in [6.07, 6.45) is 8.90. The van der Waals surface area contributed by atoms with E-state index in [1.807, 2.05) is 66.4 Å². The molecule has 2 atom stereocenters. The SMILES string of the molecule is Cc1c(-c2ccc(N3CCc4cccc(C(=O)Nc5nc6ccccc6s5)c4C3)nc2C(=O)O)cnn1CC12CC3(C)CC(C)(C1)CC(OCCNCCC(=O)O)(C3)C2. The summed E-state index contributed by atoms with van der Waals surface area (Å²) in [7, 11) is 0. The summed E-state index contributed by atoms with van der Waals surface area (Å²) < 4.78 is 9.85. The molecule has 1 aliphatic heterocycles. The molecular formula is C45H51N7O6S. The van der Waals surface area contributed by atoms with E-state index >= 15 is 0 Å². The van der Waals surface area contributed by atoms with Crippen molar-refractivity contribution < 1.29 is 29.3 Å². The van der Waals surface area contributed by atoms with Crippen LogP contribution in [0.4, 0.5) is 10.9 Å². The molecule has 2 aromatic carbocycles. The molecule has 0 saturated heterocycles. The number of aromatic carboxylic acids is 1. The van der Waals surface area contributed by atoms with Crippen LogP contribution in [0.2, 0.25) is 0 Å². The number of anilines is 2. The normalized spacial score (nSPS) is 25.6. The number of fused-ring (bicyclic) bond motifs is 2. The Labute approximate surface area is 347 Å². The molecule has 1 amide bonds. The van der Waals surface area contributed by atoms with Gasteiger partial charge in [0.15, 0.2) is 10.8 Å². The lowest BCUT2D eigenvalue weighted by molar-refractivity contribution is -0.247. The maximum Gasteiger partial charge on any atom is 0.355 e. The third-order valence-electron chi connectivity index (χ3n) is 13.2. The number of nitrogens with zero attached hydrogens (tertiary/aromatic N) is 5. The molecule has 2 unspecified atom stereocenters. The topological polar surface area (TPSA) is 172 Å². The second kappa shape index (κ2) is 14.8. The highest BCUT2D eigenvalue weighted by atomic mass is 32.1. The number of carbonyl (C=O) groups excluding carboxylic acids is 1. The molecule has 4 bridgehead atoms. The van der Waals surface area contributed by atoms with Crippen molar-refractivity contribution in [3.63, 3.8) is 0 Å². The summed E-state index contributed by atoms with van der Waals surface area (Å²) in [6.45, 7) is 10.2. The molecule has 5 aromatic rings. The van der Waals surface area contributed by atoms with Crippen LogP contribution in [-0.4, -0.2) is 79.6 Å². The van der Waals surface area contributed by atoms with E-state index in [0.717, 1.165) is 71.2 Å². The molecule has 3 aromatic heterocycles. The average molecular weight is 818 g/mol. The minimum atomic E-state index is -1.11. The Balaban J connectivity index is 0.930. The highest BCUT2D eigenvalue weighted by molar-refractivity contribution is 7.22. The van der Waals surface area contributed by atoms with Gasteiger partial charge in [-0.1, -0.05) is 49.4 Å². The van der Waals surface area contributed by atoms with Crippen LogP contribution in [0, 0.1) is 23.2 Å². The molecular weight excluding hydrogens is 767 g/mol. The minimum absolute atomic E-state index is 0.0184. The Morgan fingerprint density at radius 3 is 2.46 bits per heavy atom. The molecule has 5 aliphatic rings. The van der Waals surface area contributed by atoms with E-state index in [4.69, 9.17) is 19.9 Å². The van der Waals surface area contributed by atoms with Crippen LogP contribution in [-0.2, 0) is 29.0 Å². The molecule has 10 rings (SSSR count). The highest BCUT2D eigenvalue weighted by Gasteiger charge is 2.66. The smallest absolute Gasteiger partial charge is 0.355 e. The zero-order chi connectivity index (χ0) is 41.2. The first-order valence-corrected chi connectivity index (χ1v) is 21.4. The van der Waals surface area contributed by atoms with E-state index in [1.165, 1.54) is 17.8 Å². The van der Waals surface area contributed by atoms with Gasteiger partial charge in [0.1, 0.15) is 5.82 Å². The van der Waals surface area contributed by atoms with Crippen molar-refractivity contribution in [2.45, 2.75) is 90.8 Å². The Hall–Kier alpha value is -5.18. The van der Waals surface area contributed by atoms with Gasteiger partial charge >= 0.3 is 11.9 Å². The number of aromatic nitrogens is 4. The van der Waals surface area contributed by atoms with Crippen molar-refractivity contribution in [2.24, 2.45) is 16.2 Å². The van der Waals surface area contributed by atoms with Crippen molar-refractivity contribution in [1.29, 1.82) is 0 Å². The number of thiazole rings is 1. The van der Waals surface area contributed by atoms with Crippen LogP contribution in [0.3, 0.4) is 0 Å². The number of amides is 1. The lowest BCUT2D eigenvalue weighted by Gasteiger charge is -2.69. The average Bonchev–Trinajstić information content (AvgIpc) is 3.75. The lowest BCUT2D eigenvalue weighted by Crippen LogP contribution is -2.64. The standard InChI is InChI=1S/C45H51N7O6S/c1-28-32(19-47-52(28)27-44-22-42(2)21-43(3,23-44)25-45(24-42,26-44)58-18-16-46-15-13-37(53)54)30-11-12-36(49-38(30)40(56)57)51-17-14-29-7-6-8-31(33(29)20-51)39(55)50-41-48-34-9-4-5-10-35(34)59-41/h4-12,19,46H,13-18,20-27H2,1-3H3,(H,53,54)(H,56,57)(H,48,50,55). The zero-order valence-electron chi connectivity index (χ0n) is 33.8. The van der Waals surface area contributed by atoms with E-state index in [1.54, 1.807) is 6.20 Å². The van der Waals surface area contributed by atoms with Crippen LogP contribution < -0.4 is 15.5 Å². The maximum absolute atomic E-state index is 13.6. The largest absolute Gasteiger partial charge is 0.481 e. The molecule has 4 heterocycles. The van der Waals surface area contributed by atoms with Gasteiger partial charge in [0.05, 0.1) is 35.0 Å². The zero-order valence-corrected chi connectivity index (χ0v) is 34.7. The molecule has 0 spiro atoms. The van der Waals surface area contributed by atoms with Crippen LogP contribution in [0.25, 0.3) is 21.3 Å². The fourth-order valence-electron chi connectivity index (χ4n) is 12.1. The first-order chi connectivity index (χ1) is 28.2. The Morgan fingerprint density at radius 2 is 1.69 bits per heavy atom. The molecule has 4 fully saturated rings. The highest BCUT2D eigenvalue weighted by Crippen LogP contribution is 2.72. The lowest BCUT2D eigenvalue weighted by atomic mass is 9.39. The molecule has 59 heavy (non-hydrogen) atoms. The van der Waals surface area contributed by atoms with Gasteiger partial charge in [0.2, 0.25) is 0 Å². The van der Waals surface area contributed by atoms with Crippen molar-refractivity contribution in [3.8, 4) is 11.1 Å². The van der Waals surface area contributed by atoms with Crippen molar-refractivity contribution in [2.75, 3.05) is 36.5 Å². The van der Waals surface area contributed by atoms with Crippen molar-refractivity contribution >= 4 is 50.3 Å². The Bertz CT molecular complexity index is 2430. The third-order valence-corrected chi connectivity index (χ3v) is 14.1. The van der Waals surface area contributed by atoms with Gasteiger partial charge in [-0.25, -0.2) is 14.8 Å². The van der Waals surface area contributed by atoms with E-state index in [-0.39, 0.29) is 39.9 Å². The minimum Gasteiger partial charge on any atom is -0.481 e. The number of carboxylic acid groups (broad SMARTS) is 2. The molecule has 308 valence electrons. The number of hydrogen-bond acceptors (Lipinski definition) is 10. The first-order valence-electron chi connectivity index (χ1n) is 20.6. The Morgan fingerprint density at radius 1 is 0.898 bits per heavy atom. The summed E-state index contributed by atoms with van der Waals surface area (Å²) >= 11 is 1.43. The maximum atomic E-state index is 13.6. The van der Waals surface area contributed by atoms with E-state index < -0.39 is 11.9 Å². The van der Waals surface area contributed by atoms with Gasteiger partial charge < -0.3 is 25.2 Å². The number of para-hydroxylation sites is 1. The van der Waals surface area contributed by atoms with E-state index in [0.29, 0.717) is 61.3 Å². The van der Waals surface area contributed by atoms with Crippen LogP contribution >= 0.6 is 11.3 Å². The van der Waals surface area contributed by atoms with Crippen LogP contribution in [0.5, 0.6) is 0 Å². The van der Waals surface area contributed by atoms with E-state index in [2.05, 4.69) is 34.1 Å². The number of nitrogens with one attached hydrogen (secondary N) is 2. The second-order valence-electron chi connectivity index (χ2n) is 18.3. The van der Waals surface area contributed by atoms with Gasteiger partial charge in [-0.2, -0.15) is 5.10 Å². The van der Waals surface area contributed by atoms with Gasteiger partial charge in [0.25, 0.3) is 5.91 Å². The number of aliphatic carboxylic acids is 1. The predicted molar refractivity (Wildman–Crippen MR) is 226 cm³/mol. The quantitative estimate of drug-likeness (QED) is 0.0815. The van der Waals surface area contributed by atoms with Gasteiger partial charge in [-0.05, 0) is 110 Å². The number of ether oxygens (including phenoxy) is 1. The number of pyridine rings is 1. The fraction of sp³-hybridized carbons (Fsp3) is 0.467. The van der Waals surface area contributed by atoms with E-state index in [9.17, 15) is 19.5 Å². The summed E-state index contributed by atoms with van der Waals surface area (Å²) in [5.41, 5.74) is 5.57. The summed E-state index contributed by atoms with van der Waals surface area (Å²) in [5.74, 6) is -1.61. The number of benzene rings is 2. The van der Waals surface area contributed by atoms with Gasteiger partial charge in [0, 0.05) is 55.1 Å². The number of carboxylic acids is 2. The molecule has 0 radical (unpaired) electrons. The monoisotopic (exact) mass is 817 g/mol. The Kier molecular flexibility index (Phi) is 9.87. The van der Waals surface area contributed by atoms with Gasteiger partial charge in [-0.15, -0.1) is 0 Å². The van der Waals surface area contributed by atoms with Crippen molar-refractivity contribution in [3.05, 3.63) is 88.9 Å². The predicted octanol–water partition coefficient (Wildman–Crippen LogP) is 7.58. The van der Waals surface area contributed by atoms with Crippen LogP contribution in [0.15, 0.2) is 60.8 Å². The first kappa shape index (κ1) is 39.3. The van der Waals surface area contributed by atoms with Crippen molar-refractivity contribution in [1.82, 2.24) is 25.1 Å². The number of hydrogen-bond donors (Lipinski definition) is 4. The summed E-state index contributed by atoms with van der Waals surface area (Å²) in [5, 5.41) is 31.2. The molecule has 4 aliphatic carbocycles. The number of carbonyl (C=O) groups is 3. The molecule has 4 saturated carbocycles.